The van der Waals surface area contributed by atoms with E-state index in [1.807, 2.05) is 4.72 Å². The number of carbonyl (C=O) groups excluding carboxylic acids is 1. The lowest BCUT2D eigenvalue weighted by Gasteiger charge is -2.11. The topological polar surface area (TPSA) is 63.2 Å². The third-order valence-electron chi connectivity index (χ3n) is 2.54. The lowest BCUT2D eigenvalue weighted by molar-refractivity contribution is -0.122. The van der Waals surface area contributed by atoms with Gasteiger partial charge in [0, 0.05) is 5.92 Å². The normalized spacial score (nSPS) is 13.1. The minimum Gasteiger partial charge on any atom is -0.274 e. The molecule has 0 spiro atoms. The molecule has 4 nitrogen and oxygen atoms in total. The number of hydrogen-bond acceptors (Lipinski definition) is 3. The van der Waals surface area contributed by atoms with Crippen molar-refractivity contribution in [3.05, 3.63) is 35.6 Å². The molecule has 0 aliphatic carbocycles. The zero-order valence-electron chi connectivity index (χ0n) is 10.3. The first-order valence-corrected chi connectivity index (χ1v) is 7.44. The molecule has 18 heavy (non-hydrogen) atoms. The second-order valence-electron chi connectivity index (χ2n) is 4.27. The average molecular weight is 273 g/mol. The number of rotatable bonds is 5. The Morgan fingerprint density at radius 2 is 2.00 bits per heavy atom. The maximum Gasteiger partial charge on any atom is 0.236 e. The number of carbonyl (C=O) groups is 1. The molecule has 0 aromatic heterocycles. The van der Waals surface area contributed by atoms with Gasteiger partial charge in [-0.05, 0) is 24.5 Å². The lowest BCUT2D eigenvalue weighted by Crippen LogP contribution is -2.34. The largest absolute Gasteiger partial charge is 0.274 e. The van der Waals surface area contributed by atoms with Gasteiger partial charge >= 0.3 is 0 Å². The SMILES string of the molecule is C[C@H](CCc1ccccc1F)C(=O)NS(C)(=O)=O. The van der Waals surface area contributed by atoms with Crippen LogP contribution in [0.4, 0.5) is 4.39 Å². The highest BCUT2D eigenvalue weighted by Gasteiger charge is 2.16. The van der Waals surface area contributed by atoms with Crippen LogP contribution < -0.4 is 4.72 Å². The molecule has 0 aliphatic rings. The monoisotopic (exact) mass is 273 g/mol. The van der Waals surface area contributed by atoms with Gasteiger partial charge in [0.2, 0.25) is 15.9 Å². The quantitative estimate of drug-likeness (QED) is 0.883. The second-order valence-corrected chi connectivity index (χ2v) is 6.02. The Hall–Kier alpha value is -1.43. The van der Waals surface area contributed by atoms with E-state index >= 15 is 0 Å². The Morgan fingerprint density at radius 1 is 1.39 bits per heavy atom. The van der Waals surface area contributed by atoms with E-state index in [0.717, 1.165) is 6.26 Å². The van der Waals surface area contributed by atoms with Gasteiger partial charge in [-0.1, -0.05) is 25.1 Å². The standard InChI is InChI=1S/C12H16FNO3S/c1-9(12(15)14-18(2,16)17)7-8-10-5-3-4-6-11(10)13/h3-6,9H,7-8H2,1-2H3,(H,14,15)/t9-/m1/s1. The molecule has 1 atom stereocenters. The van der Waals surface area contributed by atoms with Crippen LogP contribution in [-0.2, 0) is 21.2 Å². The third-order valence-corrected chi connectivity index (χ3v) is 3.11. The van der Waals surface area contributed by atoms with Crippen LogP contribution in [0.5, 0.6) is 0 Å². The molecule has 0 aliphatic heterocycles. The van der Waals surface area contributed by atoms with E-state index in [2.05, 4.69) is 0 Å². The zero-order chi connectivity index (χ0) is 13.8. The summed E-state index contributed by atoms with van der Waals surface area (Å²) in [6.07, 6.45) is 1.71. The van der Waals surface area contributed by atoms with Gasteiger partial charge in [-0.25, -0.2) is 12.8 Å². The number of hydrogen-bond donors (Lipinski definition) is 1. The third kappa shape index (κ3) is 4.83. The zero-order valence-corrected chi connectivity index (χ0v) is 11.1. The number of nitrogens with one attached hydrogen (secondary N) is 1. The second kappa shape index (κ2) is 5.95. The minimum atomic E-state index is -3.53. The Labute approximate surface area is 106 Å². The molecule has 6 heteroatoms. The predicted molar refractivity (Wildman–Crippen MR) is 66.9 cm³/mol. The highest BCUT2D eigenvalue weighted by molar-refractivity contribution is 7.89. The van der Waals surface area contributed by atoms with Crippen LogP contribution in [0, 0.1) is 11.7 Å². The minimum absolute atomic E-state index is 0.312. The van der Waals surface area contributed by atoms with Crippen LogP contribution >= 0.6 is 0 Å². The van der Waals surface area contributed by atoms with Crippen molar-refractivity contribution in [1.29, 1.82) is 0 Å². The summed E-state index contributed by atoms with van der Waals surface area (Å²) < 4.78 is 37.0. The van der Waals surface area contributed by atoms with Gasteiger partial charge in [0.15, 0.2) is 0 Å². The molecule has 0 fully saturated rings. The van der Waals surface area contributed by atoms with Gasteiger partial charge in [0.25, 0.3) is 0 Å². The molecule has 0 saturated heterocycles. The first-order chi connectivity index (χ1) is 8.29. The van der Waals surface area contributed by atoms with E-state index in [1.54, 1.807) is 25.1 Å². The van der Waals surface area contributed by atoms with Crippen molar-refractivity contribution < 1.29 is 17.6 Å². The maximum absolute atomic E-state index is 13.3. The molecular weight excluding hydrogens is 257 g/mol. The van der Waals surface area contributed by atoms with Crippen molar-refractivity contribution in [3.8, 4) is 0 Å². The van der Waals surface area contributed by atoms with Crippen molar-refractivity contribution >= 4 is 15.9 Å². The van der Waals surface area contributed by atoms with E-state index in [1.165, 1.54) is 6.07 Å². The number of aryl methyl sites for hydroxylation is 1. The molecule has 1 N–H and O–H groups in total. The Balaban J connectivity index is 2.54. The van der Waals surface area contributed by atoms with Crippen molar-refractivity contribution in [1.82, 2.24) is 4.72 Å². The average Bonchev–Trinajstić information content (AvgIpc) is 2.25. The van der Waals surface area contributed by atoms with Gasteiger partial charge in [0.05, 0.1) is 6.26 Å². The van der Waals surface area contributed by atoms with Crippen molar-refractivity contribution in [2.45, 2.75) is 19.8 Å². The molecule has 0 unspecified atom stereocenters. The molecule has 0 bridgehead atoms. The highest BCUT2D eigenvalue weighted by atomic mass is 32.2. The fourth-order valence-electron chi connectivity index (χ4n) is 1.49. The fourth-order valence-corrected chi connectivity index (χ4v) is 2.05. The van der Waals surface area contributed by atoms with Crippen LogP contribution in [0.2, 0.25) is 0 Å². The first-order valence-electron chi connectivity index (χ1n) is 5.54. The van der Waals surface area contributed by atoms with Crippen molar-refractivity contribution in [2.75, 3.05) is 6.26 Å². The van der Waals surface area contributed by atoms with Crippen LogP contribution in [0.1, 0.15) is 18.9 Å². The number of benzene rings is 1. The molecule has 1 rings (SSSR count). The maximum atomic E-state index is 13.3. The highest BCUT2D eigenvalue weighted by Crippen LogP contribution is 2.13. The van der Waals surface area contributed by atoms with Crippen LogP contribution in [0.15, 0.2) is 24.3 Å². The Bertz CT molecular complexity index is 528. The lowest BCUT2D eigenvalue weighted by atomic mass is 10.0. The smallest absolute Gasteiger partial charge is 0.236 e. The van der Waals surface area contributed by atoms with Gasteiger partial charge in [0.1, 0.15) is 5.82 Å². The summed E-state index contributed by atoms with van der Waals surface area (Å²) in [5, 5.41) is 0. The summed E-state index contributed by atoms with van der Waals surface area (Å²) in [7, 11) is -3.53. The summed E-state index contributed by atoms with van der Waals surface area (Å²) in [6.45, 7) is 1.61. The van der Waals surface area contributed by atoms with E-state index in [0.29, 0.717) is 18.4 Å². The molecule has 1 amide bonds. The van der Waals surface area contributed by atoms with Crippen molar-refractivity contribution in [2.24, 2.45) is 5.92 Å². The van der Waals surface area contributed by atoms with E-state index in [4.69, 9.17) is 0 Å². The van der Waals surface area contributed by atoms with Gasteiger partial charge in [-0.3, -0.25) is 9.52 Å². The van der Waals surface area contributed by atoms with Crippen LogP contribution in [0.25, 0.3) is 0 Å². The molecule has 1 aromatic rings. The Kier molecular flexibility index (Phi) is 4.84. The summed E-state index contributed by atoms with van der Waals surface area (Å²) in [5.41, 5.74) is 0.525. The number of sulfonamides is 1. The van der Waals surface area contributed by atoms with Gasteiger partial charge in [-0.15, -0.1) is 0 Å². The fraction of sp³-hybridized carbons (Fsp3) is 0.417. The summed E-state index contributed by atoms with van der Waals surface area (Å²) in [5.74, 6) is -1.36. The van der Waals surface area contributed by atoms with Gasteiger partial charge < -0.3 is 0 Å². The molecule has 0 saturated carbocycles. The van der Waals surface area contributed by atoms with Crippen molar-refractivity contribution in [3.63, 3.8) is 0 Å². The summed E-state index contributed by atoms with van der Waals surface area (Å²) >= 11 is 0. The molecule has 1 aromatic carbocycles. The van der Waals surface area contributed by atoms with Crippen LogP contribution in [0.3, 0.4) is 0 Å². The van der Waals surface area contributed by atoms with E-state index in [9.17, 15) is 17.6 Å². The Morgan fingerprint density at radius 3 is 2.56 bits per heavy atom. The predicted octanol–water partition coefficient (Wildman–Crippen LogP) is 1.47. The molecular formula is C12H16FNO3S. The molecule has 0 radical (unpaired) electrons. The first kappa shape index (κ1) is 14.6. The summed E-state index contributed by atoms with van der Waals surface area (Å²) in [6, 6.07) is 6.32. The number of amides is 1. The summed E-state index contributed by atoms with van der Waals surface area (Å²) in [4.78, 5) is 11.5. The van der Waals surface area contributed by atoms with E-state index in [-0.39, 0.29) is 5.82 Å². The molecule has 0 heterocycles. The van der Waals surface area contributed by atoms with E-state index < -0.39 is 21.8 Å². The van der Waals surface area contributed by atoms with Crippen LogP contribution in [-0.4, -0.2) is 20.6 Å². The van der Waals surface area contributed by atoms with Gasteiger partial charge in [-0.2, -0.15) is 0 Å². The number of halogens is 1. The molecule has 100 valence electrons.